The second-order valence-corrected chi connectivity index (χ2v) is 6.41. The second kappa shape index (κ2) is 5.64. The van der Waals surface area contributed by atoms with Crippen LogP contribution in [0.2, 0.25) is 0 Å². The first-order chi connectivity index (χ1) is 8.95. The lowest BCUT2D eigenvalue weighted by molar-refractivity contribution is 0.0995. The molecule has 1 saturated heterocycles. The Balaban J connectivity index is 2.14. The lowest BCUT2D eigenvalue weighted by Crippen LogP contribution is -2.26. The largest absolute Gasteiger partial charge is 0.378 e. The summed E-state index contributed by atoms with van der Waals surface area (Å²) in [6, 6.07) is 8.96. The summed E-state index contributed by atoms with van der Waals surface area (Å²) in [4.78, 5) is 0. The second-order valence-electron chi connectivity index (χ2n) is 6.41. The van der Waals surface area contributed by atoms with Gasteiger partial charge in [0.25, 0.3) is 0 Å². The first-order valence-corrected chi connectivity index (χ1v) is 7.43. The Labute approximate surface area is 117 Å². The van der Waals surface area contributed by atoms with Crippen LogP contribution in [0.15, 0.2) is 24.3 Å². The van der Waals surface area contributed by atoms with Gasteiger partial charge in [-0.2, -0.15) is 0 Å². The molecule has 0 aliphatic carbocycles. The number of rotatable bonds is 4. The van der Waals surface area contributed by atoms with E-state index in [9.17, 15) is 0 Å². The van der Waals surface area contributed by atoms with Gasteiger partial charge in [-0.15, -0.1) is 0 Å². The van der Waals surface area contributed by atoms with Crippen LogP contribution in [-0.2, 0) is 10.2 Å². The average Bonchev–Trinajstić information content (AvgIpc) is 2.84. The highest BCUT2D eigenvalue weighted by atomic mass is 16.5. The quantitative estimate of drug-likeness (QED) is 0.894. The van der Waals surface area contributed by atoms with Crippen LogP contribution in [0.1, 0.15) is 57.7 Å². The van der Waals surface area contributed by atoms with Gasteiger partial charge < -0.3 is 10.5 Å². The van der Waals surface area contributed by atoms with Crippen LogP contribution in [-0.4, -0.2) is 12.7 Å². The van der Waals surface area contributed by atoms with Crippen molar-refractivity contribution in [1.29, 1.82) is 0 Å². The minimum absolute atomic E-state index is 0.0938. The van der Waals surface area contributed by atoms with E-state index in [4.69, 9.17) is 10.5 Å². The van der Waals surface area contributed by atoms with Crippen molar-refractivity contribution >= 4 is 0 Å². The van der Waals surface area contributed by atoms with E-state index in [1.165, 1.54) is 11.1 Å². The lowest BCUT2D eigenvalue weighted by atomic mass is 9.81. The van der Waals surface area contributed by atoms with Gasteiger partial charge in [0.05, 0.1) is 6.10 Å². The molecule has 106 valence electrons. The summed E-state index contributed by atoms with van der Waals surface area (Å²) in [5, 5.41) is 0. The molecule has 1 aliphatic rings. The number of nitrogens with two attached hydrogens (primary N) is 1. The first-order valence-electron chi connectivity index (χ1n) is 7.43. The van der Waals surface area contributed by atoms with Crippen molar-refractivity contribution in [2.75, 3.05) is 6.61 Å². The van der Waals surface area contributed by atoms with Gasteiger partial charge in [0, 0.05) is 18.6 Å². The third-order valence-electron chi connectivity index (χ3n) is 4.86. The zero-order chi connectivity index (χ0) is 14.0. The molecule has 0 aromatic heterocycles. The monoisotopic (exact) mass is 261 g/mol. The zero-order valence-electron chi connectivity index (χ0n) is 12.6. The average molecular weight is 261 g/mol. The molecule has 0 amide bonds. The van der Waals surface area contributed by atoms with E-state index in [2.05, 4.69) is 52.0 Å². The fourth-order valence-electron chi connectivity index (χ4n) is 2.83. The number of ether oxygens (including phenoxy) is 1. The Hall–Kier alpha value is -0.860. The highest BCUT2D eigenvalue weighted by Gasteiger charge is 2.30. The maximum Gasteiger partial charge on any atom is 0.0594 e. The minimum atomic E-state index is 0.0938. The predicted octanol–water partition coefficient (Wildman–Crippen LogP) is 3.80. The molecule has 0 saturated carbocycles. The van der Waals surface area contributed by atoms with Crippen molar-refractivity contribution in [2.24, 2.45) is 11.7 Å². The molecule has 0 spiro atoms. The molecule has 1 fully saturated rings. The van der Waals surface area contributed by atoms with Crippen molar-refractivity contribution in [3.05, 3.63) is 35.4 Å². The fourth-order valence-corrected chi connectivity index (χ4v) is 2.83. The summed E-state index contributed by atoms with van der Waals surface area (Å²) in [6.45, 7) is 9.79. The smallest absolute Gasteiger partial charge is 0.0594 e. The van der Waals surface area contributed by atoms with E-state index in [1.54, 1.807) is 0 Å². The number of hydrogen-bond donors (Lipinski definition) is 1. The van der Waals surface area contributed by atoms with Gasteiger partial charge in [0.2, 0.25) is 0 Å². The van der Waals surface area contributed by atoms with Gasteiger partial charge in [0.1, 0.15) is 0 Å². The molecule has 0 radical (unpaired) electrons. The van der Waals surface area contributed by atoms with E-state index in [0.717, 1.165) is 19.4 Å². The summed E-state index contributed by atoms with van der Waals surface area (Å²) < 4.78 is 5.62. The molecule has 1 aromatic carbocycles. The molecule has 3 atom stereocenters. The van der Waals surface area contributed by atoms with Gasteiger partial charge in [-0.25, -0.2) is 0 Å². The van der Waals surface area contributed by atoms with Crippen LogP contribution < -0.4 is 5.73 Å². The van der Waals surface area contributed by atoms with Crippen molar-refractivity contribution in [1.82, 2.24) is 0 Å². The normalized spacial score (nSPS) is 25.5. The topological polar surface area (TPSA) is 35.2 Å². The molecular weight excluding hydrogens is 234 g/mol. The summed E-state index contributed by atoms with van der Waals surface area (Å²) >= 11 is 0. The molecule has 1 aliphatic heterocycles. The van der Waals surface area contributed by atoms with Crippen molar-refractivity contribution in [2.45, 2.75) is 58.1 Å². The van der Waals surface area contributed by atoms with E-state index in [1.807, 2.05) is 0 Å². The summed E-state index contributed by atoms with van der Waals surface area (Å²) in [5.41, 5.74) is 9.27. The van der Waals surface area contributed by atoms with Crippen LogP contribution >= 0.6 is 0 Å². The zero-order valence-corrected chi connectivity index (χ0v) is 12.6. The van der Waals surface area contributed by atoms with E-state index >= 15 is 0 Å². The van der Waals surface area contributed by atoms with Crippen LogP contribution in [0.25, 0.3) is 0 Å². The third kappa shape index (κ3) is 3.01. The fraction of sp³-hybridized carbons (Fsp3) is 0.647. The molecule has 3 unspecified atom stereocenters. The van der Waals surface area contributed by atoms with E-state index in [0.29, 0.717) is 5.92 Å². The summed E-state index contributed by atoms with van der Waals surface area (Å²) in [7, 11) is 0. The molecule has 2 heteroatoms. The van der Waals surface area contributed by atoms with Crippen molar-refractivity contribution in [3.8, 4) is 0 Å². The van der Waals surface area contributed by atoms with Crippen LogP contribution in [0.5, 0.6) is 0 Å². The van der Waals surface area contributed by atoms with Gasteiger partial charge in [-0.3, -0.25) is 0 Å². The Morgan fingerprint density at radius 1 is 1.32 bits per heavy atom. The SMILES string of the molecule is CCC(C)(C)c1ccc(C(N)C2CCOC2C)cc1. The van der Waals surface area contributed by atoms with Gasteiger partial charge in [-0.1, -0.05) is 45.0 Å². The van der Waals surface area contributed by atoms with E-state index < -0.39 is 0 Å². The number of benzene rings is 1. The van der Waals surface area contributed by atoms with Crippen molar-refractivity contribution < 1.29 is 4.74 Å². The molecule has 2 rings (SSSR count). The number of hydrogen-bond acceptors (Lipinski definition) is 2. The summed E-state index contributed by atoms with van der Waals surface area (Å²) in [5.74, 6) is 0.449. The Bertz CT molecular complexity index is 410. The van der Waals surface area contributed by atoms with E-state index in [-0.39, 0.29) is 17.6 Å². The minimum Gasteiger partial charge on any atom is -0.378 e. The molecule has 19 heavy (non-hydrogen) atoms. The van der Waals surface area contributed by atoms with Crippen molar-refractivity contribution in [3.63, 3.8) is 0 Å². The maximum absolute atomic E-state index is 6.40. The highest BCUT2D eigenvalue weighted by Crippen LogP contribution is 2.33. The molecule has 1 aromatic rings. The molecule has 2 nitrogen and oxygen atoms in total. The maximum atomic E-state index is 6.40. The van der Waals surface area contributed by atoms with Crippen LogP contribution in [0, 0.1) is 5.92 Å². The highest BCUT2D eigenvalue weighted by molar-refractivity contribution is 5.30. The third-order valence-corrected chi connectivity index (χ3v) is 4.86. The Morgan fingerprint density at radius 3 is 2.42 bits per heavy atom. The predicted molar refractivity (Wildman–Crippen MR) is 80.2 cm³/mol. The molecular formula is C17H27NO. The lowest BCUT2D eigenvalue weighted by Gasteiger charge is -2.26. The first kappa shape index (κ1) is 14.5. The van der Waals surface area contributed by atoms with Crippen LogP contribution in [0.3, 0.4) is 0 Å². The molecule has 1 heterocycles. The summed E-state index contributed by atoms with van der Waals surface area (Å²) in [6.07, 6.45) is 2.50. The Kier molecular flexibility index (Phi) is 4.32. The molecule has 2 N–H and O–H groups in total. The van der Waals surface area contributed by atoms with Crippen LogP contribution in [0.4, 0.5) is 0 Å². The molecule has 0 bridgehead atoms. The standard InChI is InChI=1S/C17H27NO/c1-5-17(3,4)14-8-6-13(7-9-14)16(18)15-10-11-19-12(15)2/h6-9,12,15-16H,5,10-11,18H2,1-4H3. The van der Waals surface area contributed by atoms with Gasteiger partial charge >= 0.3 is 0 Å². The van der Waals surface area contributed by atoms with Gasteiger partial charge in [0.15, 0.2) is 0 Å². The Morgan fingerprint density at radius 2 is 1.95 bits per heavy atom. The van der Waals surface area contributed by atoms with Gasteiger partial charge in [-0.05, 0) is 36.3 Å².